The van der Waals surface area contributed by atoms with Crippen LogP contribution in [0.15, 0.2) is 24.3 Å². The number of rotatable bonds is 8. The van der Waals surface area contributed by atoms with Gasteiger partial charge in [-0.25, -0.2) is 12.7 Å². The molecule has 0 unspecified atom stereocenters. The quantitative estimate of drug-likeness (QED) is 0.728. The minimum atomic E-state index is -3.07. The largest absolute Gasteiger partial charge is 0.487 e. The minimum Gasteiger partial charge on any atom is -0.487 e. The number of sulfonamides is 1. The van der Waals surface area contributed by atoms with Crippen LogP contribution >= 0.6 is 0 Å². The maximum absolute atomic E-state index is 11.7. The number of ether oxygens (including phenoxy) is 1. The van der Waals surface area contributed by atoms with Gasteiger partial charge in [0.15, 0.2) is 0 Å². The van der Waals surface area contributed by atoms with Crippen molar-refractivity contribution in [2.24, 2.45) is 0 Å². The van der Waals surface area contributed by atoms with Crippen molar-refractivity contribution in [1.29, 1.82) is 0 Å². The van der Waals surface area contributed by atoms with Crippen LogP contribution in [0.25, 0.3) is 0 Å². The second-order valence-electron chi connectivity index (χ2n) is 5.91. The molecule has 5 nitrogen and oxygen atoms in total. The van der Waals surface area contributed by atoms with Gasteiger partial charge in [0.25, 0.3) is 0 Å². The van der Waals surface area contributed by atoms with Crippen LogP contribution in [-0.2, 0) is 16.4 Å². The van der Waals surface area contributed by atoms with Crippen molar-refractivity contribution in [3.05, 3.63) is 29.8 Å². The molecule has 0 atom stereocenters. The fourth-order valence-corrected chi connectivity index (χ4v) is 3.38. The number of para-hydroxylation sites is 1. The third kappa shape index (κ3) is 4.44. The lowest BCUT2D eigenvalue weighted by Crippen LogP contribution is -2.54. The van der Waals surface area contributed by atoms with Gasteiger partial charge in [-0.1, -0.05) is 25.1 Å². The summed E-state index contributed by atoms with van der Waals surface area (Å²) < 4.78 is 30.7. The maximum Gasteiger partial charge on any atom is 0.213 e. The Hall–Kier alpha value is -1.11. The number of benzene rings is 1. The zero-order chi connectivity index (χ0) is 16.2. The molecule has 1 aromatic carbocycles. The van der Waals surface area contributed by atoms with Gasteiger partial charge < -0.3 is 4.74 Å². The number of likely N-dealkylation sites (tertiary alicyclic amines) is 1. The van der Waals surface area contributed by atoms with Crippen LogP contribution in [0.1, 0.15) is 18.9 Å². The molecular formula is C16H26N2O3S. The number of aryl methyl sites for hydroxylation is 1. The molecule has 0 bridgehead atoms. The van der Waals surface area contributed by atoms with Gasteiger partial charge >= 0.3 is 0 Å². The van der Waals surface area contributed by atoms with Crippen LogP contribution < -0.4 is 4.74 Å². The fourth-order valence-electron chi connectivity index (χ4n) is 2.52. The third-order valence-electron chi connectivity index (χ3n) is 4.00. The van der Waals surface area contributed by atoms with Crippen molar-refractivity contribution in [3.8, 4) is 5.75 Å². The van der Waals surface area contributed by atoms with Crippen LogP contribution in [0.3, 0.4) is 0 Å². The van der Waals surface area contributed by atoms with Gasteiger partial charge in [-0.2, -0.15) is 0 Å². The Morgan fingerprint density at radius 2 is 1.95 bits per heavy atom. The van der Waals surface area contributed by atoms with E-state index in [9.17, 15) is 8.42 Å². The van der Waals surface area contributed by atoms with Gasteiger partial charge in [-0.3, -0.25) is 4.90 Å². The van der Waals surface area contributed by atoms with Gasteiger partial charge in [0.2, 0.25) is 10.0 Å². The second-order valence-corrected chi connectivity index (χ2v) is 8.22. The first-order valence-electron chi connectivity index (χ1n) is 7.79. The second kappa shape index (κ2) is 7.44. The van der Waals surface area contributed by atoms with Gasteiger partial charge in [0, 0.05) is 27.2 Å². The summed E-state index contributed by atoms with van der Waals surface area (Å²) >= 11 is 0. The fraction of sp³-hybridized carbons (Fsp3) is 0.625. The predicted molar refractivity (Wildman–Crippen MR) is 88.8 cm³/mol. The molecule has 0 amide bonds. The lowest BCUT2D eigenvalue weighted by molar-refractivity contribution is 0.0198. The van der Waals surface area contributed by atoms with Crippen molar-refractivity contribution < 1.29 is 13.2 Å². The summed E-state index contributed by atoms with van der Waals surface area (Å²) in [6.45, 7) is 4.68. The normalized spacial score (nSPS) is 16.7. The SMILES string of the molecule is CCc1ccccc1OC1CN(CCCS(=O)(=O)N(C)C)C1. The predicted octanol–water partition coefficient (Wildman–Crippen LogP) is 1.59. The van der Waals surface area contributed by atoms with Crippen molar-refractivity contribution in [1.82, 2.24) is 9.21 Å². The summed E-state index contributed by atoms with van der Waals surface area (Å²) in [5, 5.41) is 0. The first-order chi connectivity index (χ1) is 10.4. The Morgan fingerprint density at radius 1 is 1.27 bits per heavy atom. The zero-order valence-corrected chi connectivity index (χ0v) is 14.5. The lowest BCUT2D eigenvalue weighted by Gasteiger charge is -2.39. The van der Waals surface area contributed by atoms with E-state index < -0.39 is 10.0 Å². The molecule has 0 spiro atoms. The Balaban J connectivity index is 1.70. The van der Waals surface area contributed by atoms with E-state index in [2.05, 4.69) is 17.9 Å². The summed E-state index contributed by atoms with van der Waals surface area (Å²) in [5.74, 6) is 1.19. The highest BCUT2D eigenvalue weighted by molar-refractivity contribution is 7.89. The summed E-state index contributed by atoms with van der Waals surface area (Å²) in [4.78, 5) is 2.24. The molecule has 1 aromatic rings. The topological polar surface area (TPSA) is 49.9 Å². The molecule has 1 aliphatic rings. The van der Waals surface area contributed by atoms with E-state index in [1.165, 1.54) is 9.87 Å². The van der Waals surface area contributed by atoms with E-state index >= 15 is 0 Å². The molecule has 0 radical (unpaired) electrons. The molecule has 1 aliphatic heterocycles. The van der Waals surface area contributed by atoms with Crippen LogP contribution in [0.5, 0.6) is 5.75 Å². The molecule has 1 fully saturated rings. The van der Waals surface area contributed by atoms with Crippen LogP contribution in [0.2, 0.25) is 0 Å². The highest BCUT2D eigenvalue weighted by atomic mass is 32.2. The molecule has 6 heteroatoms. The summed E-state index contributed by atoms with van der Waals surface area (Å²) in [7, 11) is 0.0811. The lowest BCUT2D eigenvalue weighted by atomic mass is 10.1. The van der Waals surface area contributed by atoms with Crippen molar-refractivity contribution >= 4 is 10.0 Å². The number of hydrogen-bond acceptors (Lipinski definition) is 4. The molecule has 0 N–H and O–H groups in total. The van der Waals surface area contributed by atoms with Crippen molar-refractivity contribution in [2.45, 2.75) is 25.9 Å². The number of hydrogen-bond donors (Lipinski definition) is 0. The Morgan fingerprint density at radius 3 is 2.59 bits per heavy atom. The van der Waals surface area contributed by atoms with E-state index in [1.807, 2.05) is 18.2 Å². The number of nitrogens with zero attached hydrogens (tertiary/aromatic N) is 2. The monoisotopic (exact) mass is 326 g/mol. The molecule has 0 aromatic heterocycles. The van der Waals surface area contributed by atoms with Crippen molar-refractivity contribution in [3.63, 3.8) is 0 Å². The van der Waals surface area contributed by atoms with E-state index in [0.717, 1.165) is 31.8 Å². The molecule has 2 rings (SSSR count). The molecule has 1 saturated heterocycles. The Kier molecular flexibility index (Phi) is 5.83. The summed E-state index contributed by atoms with van der Waals surface area (Å²) in [6, 6.07) is 8.14. The van der Waals surface area contributed by atoms with Gasteiger partial charge in [-0.15, -0.1) is 0 Å². The van der Waals surface area contributed by atoms with E-state index in [0.29, 0.717) is 6.42 Å². The Bertz CT molecular complexity index is 581. The zero-order valence-electron chi connectivity index (χ0n) is 13.7. The molecular weight excluding hydrogens is 300 g/mol. The highest BCUT2D eigenvalue weighted by Crippen LogP contribution is 2.23. The summed E-state index contributed by atoms with van der Waals surface area (Å²) in [5.41, 5.74) is 1.23. The van der Waals surface area contributed by atoms with Crippen molar-refractivity contribution in [2.75, 3.05) is 39.5 Å². The molecule has 22 heavy (non-hydrogen) atoms. The van der Waals surface area contributed by atoms with E-state index in [1.54, 1.807) is 14.1 Å². The van der Waals surface area contributed by atoms with Gasteiger partial charge in [0.05, 0.1) is 5.75 Å². The first-order valence-corrected chi connectivity index (χ1v) is 9.40. The molecule has 0 saturated carbocycles. The molecule has 124 valence electrons. The summed E-state index contributed by atoms with van der Waals surface area (Å²) in [6.07, 6.45) is 1.85. The average Bonchev–Trinajstić information content (AvgIpc) is 2.44. The molecule has 1 heterocycles. The first kappa shape index (κ1) is 17.2. The average molecular weight is 326 g/mol. The van der Waals surface area contributed by atoms with Crippen LogP contribution in [0.4, 0.5) is 0 Å². The highest BCUT2D eigenvalue weighted by Gasteiger charge is 2.28. The molecule has 0 aliphatic carbocycles. The van der Waals surface area contributed by atoms with Crippen LogP contribution in [-0.4, -0.2) is 63.2 Å². The minimum absolute atomic E-state index is 0.209. The van der Waals surface area contributed by atoms with E-state index in [4.69, 9.17) is 4.74 Å². The van der Waals surface area contributed by atoms with Gasteiger partial charge in [-0.05, 0) is 31.0 Å². The van der Waals surface area contributed by atoms with E-state index in [-0.39, 0.29) is 11.9 Å². The Labute approximate surface area is 133 Å². The smallest absolute Gasteiger partial charge is 0.213 e. The third-order valence-corrected chi connectivity index (χ3v) is 5.92. The van der Waals surface area contributed by atoms with Gasteiger partial charge in [0.1, 0.15) is 11.9 Å². The standard InChI is InChI=1S/C16H26N2O3S/c1-4-14-8-5-6-9-16(14)21-15-12-18(13-15)10-7-11-22(19,20)17(2)3/h5-6,8-9,15H,4,7,10-13H2,1-3H3. The van der Waals surface area contributed by atoms with Crippen LogP contribution in [0, 0.1) is 0 Å². The maximum atomic E-state index is 11.7.